The fraction of sp³-hybridized carbons (Fsp3) is 0.200. The predicted molar refractivity (Wildman–Crippen MR) is 29.7 cm³/mol. The van der Waals surface area contributed by atoms with Crippen LogP contribution in [0.15, 0.2) is 29.6 Å². The van der Waals surface area contributed by atoms with Crippen LogP contribution in [0.2, 0.25) is 0 Å². The molecule has 0 bridgehead atoms. The topological polar surface area (TPSA) is 29.4 Å². The van der Waals surface area contributed by atoms with E-state index in [1.54, 1.807) is 13.0 Å². The molecule has 0 aromatic rings. The second-order valence-corrected chi connectivity index (χ2v) is 1.14. The molecule has 0 atom stereocenters. The lowest BCUT2D eigenvalue weighted by atomic mass is 10.4. The quantitative estimate of drug-likeness (QED) is 0.382. The lowest BCUT2D eigenvalue weighted by Crippen LogP contribution is -1.58. The van der Waals surface area contributed by atoms with Gasteiger partial charge in [0.05, 0.1) is 5.70 Å². The normalized spacial score (nSPS) is 10.7. The van der Waals surface area contributed by atoms with Crippen molar-refractivity contribution in [2.24, 2.45) is 5.18 Å². The van der Waals surface area contributed by atoms with Gasteiger partial charge in [-0.3, -0.25) is 0 Å². The van der Waals surface area contributed by atoms with Gasteiger partial charge in [0.25, 0.3) is 0 Å². The SMILES string of the molecule is C=CC=C(C)N=O. The molecule has 0 saturated carbocycles. The number of hydrogen-bond acceptors (Lipinski definition) is 2. The van der Waals surface area contributed by atoms with Crippen molar-refractivity contribution in [2.75, 3.05) is 0 Å². The summed E-state index contributed by atoms with van der Waals surface area (Å²) in [7, 11) is 0. The maximum Gasteiger partial charge on any atom is 0.0817 e. The summed E-state index contributed by atoms with van der Waals surface area (Å²) in [6, 6.07) is 0. The van der Waals surface area contributed by atoms with Crippen molar-refractivity contribution in [3.8, 4) is 0 Å². The van der Waals surface area contributed by atoms with E-state index in [9.17, 15) is 4.91 Å². The summed E-state index contributed by atoms with van der Waals surface area (Å²) in [5.74, 6) is 0. The lowest BCUT2D eigenvalue weighted by Gasteiger charge is -1.74. The van der Waals surface area contributed by atoms with Gasteiger partial charge in [0.1, 0.15) is 0 Å². The Morgan fingerprint density at radius 3 is 2.57 bits per heavy atom. The molecule has 0 unspecified atom stereocenters. The number of nitrogens with zero attached hydrogens (tertiary/aromatic N) is 1. The van der Waals surface area contributed by atoms with Gasteiger partial charge in [-0.25, -0.2) is 0 Å². The highest BCUT2D eigenvalue weighted by Crippen LogP contribution is 1.90. The van der Waals surface area contributed by atoms with E-state index < -0.39 is 0 Å². The van der Waals surface area contributed by atoms with Crippen LogP contribution >= 0.6 is 0 Å². The molecule has 0 saturated heterocycles. The van der Waals surface area contributed by atoms with Crippen molar-refractivity contribution >= 4 is 0 Å². The highest BCUT2D eigenvalue weighted by Gasteiger charge is 1.75. The van der Waals surface area contributed by atoms with Gasteiger partial charge < -0.3 is 0 Å². The first-order valence-corrected chi connectivity index (χ1v) is 1.94. The standard InChI is InChI=1S/C5H7NO/c1-3-4-5(2)6-7/h3-4H,1H2,2H3. The maximum absolute atomic E-state index is 9.53. The van der Waals surface area contributed by atoms with Gasteiger partial charge in [-0.1, -0.05) is 12.7 Å². The first kappa shape index (κ1) is 6.08. The highest BCUT2D eigenvalue weighted by molar-refractivity contribution is 5.05. The Hall–Kier alpha value is -0.920. The third-order valence-corrected chi connectivity index (χ3v) is 0.503. The molecule has 0 spiro atoms. The van der Waals surface area contributed by atoms with Crippen LogP contribution in [0, 0.1) is 4.91 Å². The Kier molecular flexibility index (Phi) is 2.85. The van der Waals surface area contributed by atoms with Crippen LogP contribution in [-0.2, 0) is 0 Å². The van der Waals surface area contributed by atoms with Gasteiger partial charge in [0.2, 0.25) is 0 Å². The molecule has 0 aromatic carbocycles. The van der Waals surface area contributed by atoms with Crippen molar-refractivity contribution in [1.29, 1.82) is 0 Å². The highest BCUT2D eigenvalue weighted by atomic mass is 16.3. The Morgan fingerprint density at radius 1 is 1.86 bits per heavy atom. The third kappa shape index (κ3) is 2.89. The molecule has 0 fully saturated rings. The van der Waals surface area contributed by atoms with Crippen LogP contribution in [0.1, 0.15) is 6.92 Å². The molecule has 0 N–H and O–H groups in total. The molecular formula is C5H7NO. The number of nitroso groups, excluding NO2 is 1. The monoisotopic (exact) mass is 97.1 g/mol. The first-order valence-electron chi connectivity index (χ1n) is 1.94. The fourth-order valence-corrected chi connectivity index (χ4v) is 0.201. The molecule has 7 heavy (non-hydrogen) atoms. The maximum atomic E-state index is 9.53. The third-order valence-electron chi connectivity index (χ3n) is 0.503. The van der Waals surface area contributed by atoms with E-state index in [1.165, 1.54) is 6.08 Å². The summed E-state index contributed by atoms with van der Waals surface area (Å²) in [6.07, 6.45) is 3.07. The minimum Gasteiger partial charge on any atom is -0.145 e. The zero-order valence-corrected chi connectivity index (χ0v) is 4.22. The summed E-state index contributed by atoms with van der Waals surface area (Å²) in [6.45, 7) is 4.99. The van der Waals surface area contributed by atoms with Crippen LogP contribution in [-0.4, -0.2) is 0 Å². The number of hydrogen-bond donors (Lipinski definition) is 0. The number of allylic oxidation sites excluding steroid dienone is 3. The van der Waals surface area contributed by atoms with Crippen molar-refractivity contribution in [3.05, 3.63) is 29.3 Å². The zero-order chi connectivity index (χ0) is 5.70. The molecule has 2 nitrogen and oxygen atoms in total. The summed E-state index contributed by atoms with van der Waals surface area (Å²) in [4.78, 5) is 9.53. The molecular weight excluding hydrogens is 90.1 g/mol. The Bertz CT molecular complexity index is 105. The van der Waals surface area contributed by atoms with Crippen LogP contribution in [0.4, 0.5) is 0 Å². The molecule has 0 amide bonds. The van der Waals surface area contributed by atoms with Crippen molar-refractivity contribution < 1.29 is 0 Å². The van der Waals surface area contributed by atoms with Gasteiger partial charge in [-0.05, 0) is 18.2 Å². The minimum absolute atomic E-state index is 0.454. The average Bonchev–Trinajstić information content (AvgIpc) is 1.68. The predicted octanol–water partition coefficient (Wildman–Crippen LogP) is 1.84. The lowest BCUT2D eigenvalue weighted by molar-refractivity contribution is 1.29. The molecule has 2 heteroatoms. The smallest absolute Gasteiger partial charge is 0.0817 e. The van der Waals surface area contributed by atoms with Crippen LogP contribution in [0.25, 0.3) is 0 Å². The van der Waals surface area contributed by atoms with E-state index in [1.807, 2.05) is 0 Å². The Morgan fingerprint density at radius 2 is 2.43 bits per heavy atom. The summed E-state index contributed by atoms with van der Waals surface area (Å²) in [5, 5.41) is 2.62. The van der Waals surface area contributed by atoms with Gasteiger partial charge >= 0.3 is 0 Å². The van der Waals surface area contributed by atoms with E-state index in [0.717, 1.165) is 0 Å². The molecule has 0 heterocycles. The van der Waals surface area contributed by atoms with Gasteiger partial charge in [0.15, 0.2) is 0 Å². The molecule has 0 aliphatic rings. The van der Waals surface area contributed by atoms with E-state index in [0.29, 0.717) is 5.70 Å². The number of rotatable bonds is 2. The summed E-state index contributed by atoms with van der Waals surface area (Å²) in [5.41, 5.74) is 0.454. The minimum atomic E-state index is 0.454. The van der Waals surface area contributed by atoms with E-state index in [2.05, 4.69) is 11.8 Å². The van der Waals surface area contributed by atoms with Crippen LogP contribution in [0.3, 0.4) is 0 Å². The van der Waals surface area contributed by atoms with Crippen molar-refractivity contribution in [2.45, 2.75) is 6.92 Å². The van der Waals surface area contributed by atoms with Crippen molar-refractivity contribution in [1.82, 2.24) is 0 Å². The molecule has 0 radical (unpaired) electrons. The molecule has 0 aliphatic carbocycles. The second kappa shape index (κ2) is 3.28. The Labute approximate surface area is 42.5 Å². The van der Waals surface area contributed by atoms with Gasteiger partial charge in [-0.2, -0.15) is 0 Å². The fourth-order valence-electron chi connectivity index (χ4n) is 0.201. The van der Waals surface area contributed by atoms with Gasteiger partial charge in [0, 0.05) is 0 Å². The molecule has 38 valence electrons. The second-order valence-electron chi connectivity index (χ2n) is 1.14. The zero-order valence-electron chi connectivity index (χ0n) is 4.22. The van der Waals surface area contributed by atoms with Crippen LogP contribution < -0.4 is 0 Å². The van der Waals surface area contributed by atoms with Crippen LogP contribution in [0.5, 0.6) is 0 Å². The van der Waals surface area contributed by atoms with Gasteiger partial charge in [-0.15, -0.1) is 4.91 Å². The molecule has 0 aliphatic heterocycles. The van der Waals surface area contributed by atoms with E-state index in [4.69, 9.17) is 0 Å². The summed E-state index contributed by atoms with van der Waals surface area (Å²) < 4.78 is 0. The average molecular weight is 97.1 g/mol. The first-order chi connectivity index (χ1) is 3.31. The van der Waals surface area contributed by atoms with E-state index >= 15 is 0 Å². The molecule has 0 rings (SSSR count). The Balaban J connectivity index is 3.72. The molecule has 0 aromatic heterocycles. The van der Waals surface area contributed by atoms with E-state index in [-0.39, 0.29) is 0 Å². The summed E-state index contributed by atoms with van der Waals surface area (Å²) >= 11 is 0. The van der Waals surface area contributed by atoms with Crippen molar-refractivity contribution in [3.63, 3.8) is 0 Å². The largest absolute Gasteiger partial charge is 0.145 e.